The lowest BCUT2D eigenvalue weighted by Crippen LogP contribution is -2.20. The van der Waals surface area contributed by atoms with E-state index in [1.807, 2.05) is 6.07 Å². The average molecular weight is 357 g/mol. The van der Waals surface area contributed by atoms with Gasteiger partial charge >= 0.3 is 5.97 Å². The zero-order valence-electron chi connectivity index (χ0n) is 13.6. The number of benzene rings is 1. The predicted octanol–water partition coefficient (Wildman–Crippen LogP) is 2.44. The van der Waals surface area contributed by atoms with Crippen molar-refractivity contribution >= 4 is 34.7 Å². The van der Waals surface area contributed by atoms with Crippen molar-refractivity contribution in [2.24, 2.45) is 0 Å². The van der Waals surface area contributed by atoms with E-state index in [-0.39, 0.29) is 11.5 Å². The fraction of sp³-hybridized carbons (Fsp3) is 0.235. The molecule has 2 aromatic rings. The number of aromatic nitrogens is 1. The third-order valence-corrected chi connectivity index (χ3v) is 4.13. The Labute approximate surface area is 148 Å². The van der Waals surface area contributed by atoms with Crippen molar-refractivity contribution in [1.82, 2.24) is 4.98 Å². The monoisotopic (exact) mass is 357 g/mol. The summed E-state index contributed by atoms with van der Waals surface area (Å²) in [6.07, 6.45) is 0. The zero-order chi connectivity index (χ0) is 18.4. The Hall–Kier alpha value is -3.05. The lowest BCUT2D eigenvalue weighted by atomic mass is 10.1. The molecule has 1 amide bonds. The van der Waals surface area contributed by atoms with E-state index < -0.39 is 24.3 Å². The van der Waals surface area contributed by atoms with E-state index in [0.717, 1.165) is 5.69 Å². The summed E-state index contributed by atoms with van der Waals surface area (Å²) in [5.41, 5.74) is 1.36. The molecular weight excluding hydrogens is 342 g/mol. The van der Waals surface area contributed by atoms with Crippen LogP contribution in [0.5, 0.6) is 0 Å². The molecule has 0 aliphatic heterocycles. The molecule has 1 heterocycles. The number of rotatable bonds is 6. The molecule has 0 radical (unpaired) electrons. The second-order valence-corrected chi connectivity index (χ2v) is 6.08. The van der Waals surface area contributed by atoms with Crippen LogP contribution in [0.15, 0.2) is 29.6 Å². The number of anilines is 1. The number of nitrogens with zero attached hydrogens (tertiary/aromatic N) is 2. The van der Waals surface area contributed by atoms with Gasteiger partial charge < -0.3 is 10.1 Å². The fourth-order valence-corrected chi connectivity index (χ4v) is 2.86. The molecular formula is C17H15N3O4S. The number of hydrogen-bond donors (Lipinski definition) is 1. The van der Waals surface area contributed by atoms with Gasteiger partial charge in [-0.1, -0.05) is 6.07 Å². The van der Waals surface area contributed by atoms with Crippen molar-refractivity contribution in [3.8, 4) is 6.07 Å². The maximum Gasteiger partial charge on any atom is 0.338 e. The highest BCUT2D eigenvalue weighted by Gasteiger charge is 2.24. The van der Waals surface area contributed by atoms with E-state index in [4.69, 9.17) is 4.74 Å². The number of ether oxygens (including phenoxy) is 1. The van der Waals surface area contributed by atoms with Crippen LogP contribution in [0.4, 0.5) is 5.69 Å². The van der Waals surface area contributed by atoms with Gasteiger partial charge in [-0.25, -0.2) is 9.78 Å². The third-order valence-electron chi connectivity index (χ3n) is 3.10. The van der Waals surface area contributed by atoms with Crippen LogP contribution in [-0.2, 0) is 14.3 Å². The first-order valence-electron chi connectivity index (χ1n) is 7.30. The fourth-order valence-electron chi connectivity index (χ4n) is 2.00. The Kier molecular flexibility index (Phi) is 5.98. The SMILES string of the molecule is CC(=O)Nc1cccc(C(=O)OCC(=O)[C@H](C#N)c2nc(C)cs2)c1. The molecule has 0 spiro atoms. The molecule has 2 rings (SSSR count). The summed E-state index contributed by atoms with van der Waals surface area (Å²) in [5, 5.41) is 13.9. The first kappa shape index (κ1) is 18.3. The van der Waals surface area contributed by atoms with Crippen LogP contribution in [0.2, 0.25) is 0 Å². The minimum atomic E-state index is -1.06. The summed E-state index contributed by atoms with van der Waals surface area (Å²) in [7, 11) is 0. The number of Topliss-reactive ketones (excluding diaryl/α,β-unsaturated/α-hetero) is 1. The lowest BCUT2D eigenvalue weighted by Gasteiger charge is -2.08. The van der Waals surface area contributed by atoms with E-state index in [2.05, 4.69) is 10.3 Å². The molecule has 7 nitrogen and oxygen atoms in total. The number of thiazole rings is 1. The van der Waals surface area contributed by atoms with E-state index >= 15 is 0 Å². The maximum absolute atomic E-state index is 12.1. The van der Waals surface area contributed by atoms with E-state index in [0.29, 0.717) is 10.7 Å². The second-order valence-electron chi connectivity index (χ2n) is 5.19. The number of carbonyl (C=O) groups excluding carboxylic acids is 3. The normalized spacial score (nSPS) is 11.2. The van der Waals surface area contributed by atoms with E-state index in [1.54, 1.807) is 24.4 Å². The predicted molar refractivity (Wildman–Crippen MR) is 91.2 cm³/mol. The molecule has 25 heavy (non-hydrogen) atoms. The van der Waals surface area contributed by atoms with Crippen LogP contribution in [0.25, 0.3) is 0 Å². The molecule has 1 aromatic heterocycles. The summed E-state index contributed by atoms with van der Waals surface area (Å²) in [6.45, 7) is 2.59. The molecule has 0 bridgehead atoms. The average Bonchev–Trinajstić information content (AvgIpc) is 2.99. The number of nitriles is 1. The van der Waals surface area contributed by atoms with Gasteiger partial charge in [0.15, 0.2) is 18.3 Å². The van der Waals surface area contributed by atoms with Crippen molar-refractivity contribution in [3.05, 3.63) is 45.9 Å². The topological polar surface area (TPSA) is 109 Å². The molecule has 0 aliphatic rings. The van der Waals surface area contributed by atoms with Gasteiger partial charge in [-0.2, -0.15) is 5.26 Å². The number of esters is 1. The van der Waals surface area contributed by atoms with Gasteiger partial charge in [0, 0.05) is 23.7 Å². The molecule has 0 saturated heterocycles. The first-order chi connectivity index (χ1) is 11.9. The number of aryl methyl sites for hydroxylation is 1. The van der Waals surface area contributed by atoms with Crippen molar-refractivity contribution in [2.75, 3.05) is 11.9 Å². The van der Waals surface area contributed by atoms with Crippen LogP contribution in [0, 0.1) is 18.3 Å². The standard InChI is InChI=1S/C17H15N3O4S/c1-10-9-25-16(19-10)14(7-18)15(22)8-24-17(23)12-4-3-5-13(6-12)20-11(2)21/h3-6,9,14H,8H2,1-2H3,(H,20,21)/t14-/m0/s1. The maximum atomic E-state index is 12.1. The molecule has 0 fully saturated rings. The minimum absolute atomic E-state index is 0.192. The molecule has 1 N–H and O–H groups in total. The van der Waals surface area contributed by atoms with Crippen LogP contribution in [0.1, 0.15) is 33.9 Å². The molecule has 0 aliphatic carbocycles. The first-order valence-corrected chi connectivity index (χ1v) is 8.18. The summed E-state index contributed by atoms with van der Waals surface area (Å²) >= 11 is 1.21. The van der Waals surface area contributed by atoms with Gasteiger partial charge in [-0.05, 0) is 25.1 Å². The minimum Gasteiger partial charge on any atom is -0.454 e. The zero-order valence-corrected chi connectivity index (χ0v) is 14.4. The second kappa shape index (κ2) is 8.17. The van der Waals surface area contributed by atoms with Gasteiger partial charge in [-0.3, -0.25) is 9.59 Å². The van der Waals surface area contributed by atoms with Gasteiger partial charge in [0.2, 0.25) is 5.91 Å². The van der Waals surface area contributed by atoms with Crippen LogP contribution < -0.4 is 5.32 Å². The number of nitrogens with one attached hydrogen (secondary N) is 1. The van der Waals surface area contributed by atoms with Crippen molar-refractivity contribution in [3.63, 3.8) is 0 Å². The van der Waals surface area contributed by atoms with E-state index in [9.17, 15) is 19.6 Å². The molecule has 8 heteroatoms. The smallest absolute Gasteiger partial charge is 0.338 e. The molecule has 0 unspecified atom stereocenters. The Morgan fingerprint density at radius 2 is 2.16 bits per heavy atom. The van der Waals surface area contributed by atoms with Crippen molar-refractivity contribution in [2.45, 2.75) is 19.8 Å². The summed E-state index contributed by atoms with van der Waals surface area (Å²) in [4.78, 5) is 39.4. The van der Waals surface area contributed by atoms with Crippen LogP contribution in [-0.4, -0.2) is 29.3 Å². The number of hydrogen-bond acceptors (Lipinski definition) is 7. The van der Waals surface area contributed by atoms with Crippen molar-refractivity contribution in [1.29, 1.82) is 5.26 Å². The van der Waals surface area contributed by atoms with E-state index in [1.165, 1.54) is 30.4 Å². The Morgan fingerprint density at radius 1 is 1.40 bits per heavy atom. The largest absolute Gasteiger partial charge is 0.454 e. The lowest BCUT2D eigenvalue weighted by molar-refractivity contribution is -0.122. The number of carbonyl (C=O) groups is 3. The van der Waals surface area contributed by atoms with Crippen LogP contribution in [0.3, 0.4) is 0 Å². The summed E-state index contributed by atoms with van der Waals surface area (Å²) < 4.78 is 4.99. The Bertz CT molecular complexity index is 854. The molecule has 1 atom stereocenters. The highest BCUT2D eigenvalue weighted by atomic mass is 32.1. The van der Waals surface area contributed by atoms with Gasteiger partial charge in [-0.15, -0.1) is 11.3 Å². The van der Waals surface area contributed by atoms with Gasteiger partial charge in [0.1, 0.15) is 5.01 Å². The quantitative estimate of drug-likeness (QED) is 0.795. The highest BCUT2D eigenvalue weighted by molar-refractivity contribution is 7.09. The van der Waals surface area contributed by atoms with Gasteiger partial charge in [0.05, 0.1) is 11.6 Å². The van der Waals surface area contributed by atoms with Crippen molar-refractivity contribution < 1.29 is 19.1 Å². The van der Waals surface area contributed by atoms with Gasteiger partial charge in [0.25, 0.3) is 0 Å². The Balaban J connectivity index is 2.00. The van der Waals surface area contributed by atoms with Crippen LogP contribution >= 0.6 is 11.3 Å². The summed E-state index contributed by atoms with van der Waals surface area (Å²) in [5.74, 6) is -2.58. The highest BCUT2D eigenvalue weighted by Crippen LogP contribution is 2.21. The molecule has 1 aromatic carbocycles. The number of amides is 1. The molecule has 128 valence electrons. The third kappa shape index (κ3) is 4.96. The Morgan fingerprint density at radius 3 is 2.76 bits per heavy atom. The molecule has 0 saturated carbocycles. The summed E-state index contributed by atoms with van der Waals surface area (Å²) in [6, 6.07) is 8.04. The number of ketones is 1.